The first kappa shape index (κ1) is 13.0. The normalized spacial score (nSPS) is 14.3. The molecule has 0 bridgehead atoms. The van der Waals surface area contributed by atoms with Crippen molar-refractivity contribution in [3.8, 4) is 6.07 Å². The van der Waals surface area contributed by atoms with E-state index in [-0.39, 0.29) is 17.2 Å². The minimum atomic E-state index is -0.577. The molecule has 2 N–H and O–H groups in total. The first-order valence-corrected chi connectivity index (χ1v) is 5.79. The summed E-state index contributed by atoms with van der Waals surface area (Å²) in [7, 11) is 0. The van der Waals surface area contributed by atoms with Crippen LogP contribution in [0.4, 0.5) is 11.4 Å². The predicted molar refractivity (Wildman–Crippen MR) is 67.4 cm³/mol. The zero-order valence-corrected chi connectivity index (χ0v) is 10.0. The molecule has 19 heavy (non-hydrogen) atoms. The minimum Gasteiger partial charge on any atom is -0.325 e. The number of carbonyl (C=O) groups is 1. The molecule has 7 nitrogen and oxygen atoms in total. The van der Waals surface area contributed by atoms with Gasteiger partial charge >= 0.3 is 0 Å². The third-order valence-electron chi connectivity index (χ3n) is 2.95. The second kappa shape index (κ2) is 5.46. The Morgan fingerprint density at radius 3 is 2.84 bits per heavy atom. The van der Waals surface area contributed by atoms with Gasteiger partial charge in [-0.25, -0.2) is 0 Å². The number of hydrogen-bond acceptors (Lipinski definition) is 5. The zero-order valence-electron chi connectivity index (χ0n) is 10.0. The Bertz CT molecular complexity index is 561. The van der Waals surface area contributed by atoms with Crippen LogP contribution in [0.2, 0.25) is 0 Å². The highest BCUT2D eigenvalue weighted by molar-refractivity contribution is 5.92. The van der Waals surface area contributed by atoms with Crippen LogP contribution < -0.4 is 10.6 Å². The number of carbonyl (C=O) groups excluding carboxylic acids is 1. The number of nitrogens with zero attached hydrogens (tertiary/aromatic N) is 2. The highest BCUT2D eigenvalue weighted by Crippen LogP contribution is 2.22. The van der Waals surface area contributed by atoms with E-state index in [1.54, 1.807) is 0 Å². The second-order valence-corrected chi connectivity index (χ2v) is 4.38. The topological polar surface area (TPSA) is 108 Å². The molecule has 1 saturated heterocycles. The van der Waals surface area contributed by atoms with Gasteiger partial charge in [-0.15, -0.1) is 0 Å². The Morgan fingerprint density at radius 1 is 1.58 bits per heavy atom. The molecule has 0 saturated carbocycles. The third kappa shape index (κ3) is 3.05. The van der Waals surface area contributed by atoms with Crippen LogP contribution in [0.25, 0.3) is 0 Å². The lowest BCUT2D eigenvalue weighted by Crippen LogP contribution is -2.43. The van der Waals surface area contributed by atoms with Gasteiger partial charge in [-0.1, -0.05) is 0 Å². The summed E-state index contributed by atoms with van der Waals surface area (Å²) in [6, 6.07) is 5.65. The van der Waals surface area contributed by atoms with Crippen LogP contribution in [0.3, 0.4) is 0 Å². The maximum Gasteiger partial charge on any atom is 0.270 e. The van der Waals surface area contributed by atoms with Crippen molar-refractivity contribution in [3.05, 3.63) is 33.9 Å². The molecule has 1 aromatic carbocycles. The van der Waals surface area contributed by atoms with Crippen molar-refractivity contribution in [3.63, 3.8) is 0 Å². The first-order chi connectivity index (χ1) is 9.10. The van der Waals surface area contributed by atoms with E-state index in [4.69, 9.17) is 5.26 Å². The first-order valence-electron chi connectivity index (χ1n) is 5.79. The zero-order chi connectivity index (χ0) is 13.8. The van der Waals surface area contributed by atoms with E-state index < -0.39 is 4.92 Å². The highest BCUT2D eigenvalue weighted by Gasteiger charge is 2.21. The van der Waals surface area contributed by atoms with E-state index in [0.717, 1.165) is 19.2 Å². The fourth-order valence-corrected chi connectivity index (χ4v) is 1.80. The number of hydrogen-bond donors (Lipinski definition) is 2. The maximum absolute atomic E-state index is 11.7. The van der Waals surface area contributed by atoms with Gasteiger partial charge in [0.1, 0.15) is 6.07 Å². The van der Waals surface area contributed by atoms with E-state index in [0.29, 0.717) is 18.0 Å². The molecule has 0 atom stereocenters. The number of benzene rings is 1. The average molecular weight is 260 g/mol. The summed E-state index contributed by atoms with van der Waals surface area (Å²) >= 11 is 0. The standard InChI is InChI=1S/C12H12N4O3/c13-5-9-4-10(16(18)19)1-2-11(9)15-12(17)3-8-6-14-7-8/h1-2,4,8,14H,3,6-7H2,(H,15,17). The largest absolute Gasteiger partial charge is 0.325 e. The predicted octanol–water partition coefficient (Wildman–Crippen LogP) is 1.01. The molecule has 0 spiro atoms. The Labute approximate surface area is 109 Å². The molecule has 1 amide bonds. The number of nitriles is 1. The molecule has 1 aromatic rings. The third-order valence-corrected chi connectivity index (χ3v) is 2.95. The Kier molecular flexibility index (Phi) is 3.73. The second-order valence-electron chi connectivity index (χ2n) is 4.38. The molecule has 2 rings (SSSR count). The smallest absolute Gasteiger partial charge is 0.270 e. The monoisotopic (exact) mass is 260 g/mol. The van der Waals surface area contributed by atoms with E-state index in [2.05, 4.69) is 10.6 Å². The van der Waals surface area contributed by atoms with Gasteiger partial charge < -0.3 is 10.6 Å². The van der Waals surface area contributed by atoms with E-state index in [1.165, 1.54) is 12.1 Å². The molecule has 0 aliphatic carbocycles. The van der Waals surface area contributed by atoms with Crippen molar-refractivity contribution in [1.82, 2.24) is 5.32 Å². The SMILES string of the molecule is N#Cc1cc([N+](=O)[O-])ccc1NC(=O)CC1CNC1. The number of nitro benzene ring substituents is 1. The molecule has 98 valence electrons. The molecule has 1 aliphatic rings. The number of nitro groups is 1. The van der Waals surface area contributed by atoms with Crippen LogP contribution in [0.1, 0.15) is 12.0 Å². The molecule has 0 unspecified atom stereocenters. The van der Waals surface area contributed by atoms with Crippen LogP contribution in [0, 0.1) is 27.4 Å². The van der Waals surface area contributed by atoms with Crippen molar-refractivity contribution in [2.45, 2.75) is 6.42 Å². The Balaban J connectivity index is 2.08. The number of nitrogens with one attached hydrogen (secondary N) is 2. The number of anilines is 1. The van der Waals surface area contributed by atoms with Crippen molar-refractivity contribution >= 4 is 17.3 Å². The highest BCUT2D eigenvalue weighted by atomic mass is 16.6. The molecule has 1 aliphatic heterocycles. The van der Waals surface area contributed by atoms with E-state index >= 15 is 0 Å². The fraction of sp³-hybridized carbons (Fsp3) is 0.333. The molecule has 0 aromatic heterocycles. The summed E-state index contributed by atoms with van der Waals surface area (Å²) < 4.78 is 0. The Hall–Kier alpha value is -2.46. The molecule has 1 fully saturated rings. The van der Waals surface area contributed by atoms with Gasteiger partial charge in [-0.3, -0.25) is 14.9 Å². The average Bonchev–Trinajstić information content (AvgIpc) is 2.34. The lowest BCUT2D eigenvalue weighted by atomic mass is 9.99. The van der Waals surface area contributed by atoms with Crippen molar-refractivity contribution in [2.24, 2.45) is 5.92 Å². The van der Waals surface area contributed by atoms with Crippen LogP contribution in [0.5, 0.6) is 0 Å². The van der Waals surface area contributed by atoms with E-state index in [9.17, 15) is 14.9 Å². The summed E-state index contributed by atoms with van der Waals surface area (Å²) in [6.45, 7) is 1.64. The van der Waals surface area contributed by atoms with Crippen molar-refractivity contribution < 1.29 is 9.72 Å². The van der Waals surface area contributed by atoms with Gasteiger partial charge in [-0.2, -0.15) is 5.26 Å². The quantitative estimate of drug-likeness (QED) is 0.620. The van der Waals surface area contributed by atoms with Gasteiger partial charge in [0.05, 0.1) is 16.2 Å². The minimum absolute atomic E-state index is 0.0919. The molecule has 1 heterocycles. The lowest BCUT2D eigenvalue weighted by molar-refractivity contribution is -0.384. The summed E-state index contributed by atoms with van der Waals surface area (Å²) in [4.78, 5) is 21.7. The van der Waals surface area contributed by atoms with Crippen molar-refractivity contribution in [1.29, 1.82) is 5.26 Å². The van der Waals surface area contributed by atoms with E-state index in [1.807, 2.05) is 6.07 Å². The number of non-ortho nitro benzene ring substituents is 1. The van der Waals surface area contributed by atoms with Crippen LogP contribution >= 0.6 is 0 Å². The van der Waals surface area contributed by atoms with Crippen LogP contribution in [0.15, 0.2) is 18.2 Å². The molecular weight excluding hydrogens is 248 g/mol. The van der Waals surface area contributed by atoms with Crippen LogP contribution in [-0.2, 0) is 4.79 Å². The lowest BCUT2D eigenvalue weighted by Gasteiger charge is -2.26. The summed E-state index contributed by atoms with van der Waals surface area (Å²) in [5.41, 5.74) is 0.234. The summed E-state index contributed by atoms with van der Waals surface area (Å²) in [5.74, 6) is 0.139. The molecule has 7 heteroatoms. The van der Waals surface area contributed by atoms with Crippen molar-refractivity contribution in [2.75, 3.05) is 18.4 Å². The maximum atomic E-state index is 11.7. The molecular formula is C12H12N4O3. The fourth-order valence-electron chi connectivity index (χ4n) is 1.80. The van der Waals surface area contributed by atoms with Crippen LogP contribution in [-0.4, -0.2) is 23.9 Å². The van der Waals surface area contributed by atoms with Gasteiger partial charge in [0.25, 0.3) is 5.69 Å². The summed E-state index contributed by atoms with van der Waals surface area (Å²) in [6.07, 6.45) is 0.384. The van der Waals surface area contributed by atoms with Gasteiger partial charge in [0.15, 0.2) is 0 Å². The van der Waals surface area contributed by atoms with Gasteiger partial charge in [-0.05, 0) is 25.1 Å². The number of amides is 1. The molecule has 0 radical (unpaired) electrons. The number of rotatable bonds is 4. The summed E-state index contributed by atoms with van der Waals surface area (Å²) in [5, 5.41) is 25.2. The van der Waals surface area contributed by atoms with Gasteiger partial charge in [0, 0.05) is 18.6 Å². The van der Waals surface area contributed by atoms with Gasteiger partial charge in [0.2, 0.25) is 5.91 Å². The Morgan fingerprint density at radius 2 is 2.32 bits per heavy atom.